The third kappa shape index (κ3) is 5.95. The van der Waals surface area contributed by atoms with Gasteiger partial charge in [-0.2, -0.15) is 0 Å². The molecule has 1 aromatic heterocycles. The van der Waals surface area contributed by atoms with Gasteiger partial charge in [-0.15, -0.1) is 0 Å². The van der Waals surface area contributed by atoms with Gasteiger partial charge in [-0.25, -0.2) is 0 Å². The molecule has 1 aliphatic heterocycles. The van der Waals surface area contributed by atoms with Gasteiger partial charge in [-0.05, 0) is 24.3 Å². The highest BCUT2D eigenvalue weighted by Gasteiger charge is 2.20. The first kappa shape index (κ1) is 20.7. The van der Waals surface area contributed by atoms with Gasteiger partial charge in [-0.1, -0.05) is 5.16 Å². The Morgan fingerprint density at radius 3 is 2.48 bits per heavy atom. The summed E-state index contributed by atoms with van der Waals surface area (Å²) in [6, 6.07) is 8.94. The van der Waals surface area contributed by atoms with Crippen LogP contribution in [0.1, 0.15) is 16.1 Å². The maximum absolute atomic E-state index is 12.2. The summed E-state index contributed by atoms with van der Waals surface area (Å²) in [4.78, 5) is 21.1. The van der Waals surface area contributed by atoms with Crippen molar-refractivity contribution in [2.75, 3.05) is 53.4 Å². The number of guanidine groups is 1. The molecular formula is C20H28N6O3. The molecule has 2 heterocycles. The number of methoxy groups -OCH3 is 1. The lowest BCUT2D eigenvalue weighted by molar-refractivity contribution is 0.0954. The van der Waals surface area contributed by atoms with Crippen molar-refractivity contribution in [2.24, 2.45) is 4.99 Å². The van der Waals surface area contributed by atoms with Crippen LogP contribution in [0.4, 0.5) is 0 Å². The molecule has 9 heteroatoms. The Morgan fingerprint density at radius 1 is 1.14 bits per heavy atom. The number of piperazine rings is 1. The molecule has 9 nitrogen and oxygen atoms in total. The molecule has 1 fully saturated rings. The summed E-state index contributed by atoms with van der Waals surface area (Å²) in [5.41, 5.74) is 1.56. The molecule has 0 spiro atoms. The van der Waals surface area contributed by atoms with Crippen LogP contribution in [-0.4, -0.2) is 80.2 Å². The molecule has 1 aromatic carbocycles. The average Bonchev–Trinajstić information content (AvgIpc) is 3.27. The lowest BCUT2D eigenvalue weighted by atomic mass is 10.2. The van der Waals surface area contributed by atoms with Gasteiger partial charge in [0.2, 0.25) is 0 Å². The van der Waals surface area contributed by atoms with Gasteiger partial charge >= 0.3 is 0 Å². The van der Waals surface area contributed by atoms with Crippen molar-refractivity contribution >= 4 is 11.9 Å². The average molecular weight is 400 g/mol. The Kier molecular flexibility index (Phi) is 7.46. The Balaban J connectivity index is 1.36. The molecule has 0 radical (unpaired) electrons. The first-order valence-corrected chi connectivity index (χ1v) is 9.69. The SMILES string of the molecule is CN=C(NCCNC(=O)c1ccc(OC)cc1)N1CCN(Cc2ccon2)CC1. The second-order valence-electron chi connectivity index (χ2n) is 6.71. The lowest BCUT2D eigenvalue weighted by Crippen LogP contribution is -2.53. The molecule has 156 valence electrons. The van der Waals surface area contributed by atoms with E-state index in [1.807, 2.05) is 6.07 Å². The summed E-state index contributed by atoms with van der Waals surface area (Å²) < 4.78 is 10.00. The second kappa shape index (κ2) is 10.5. The number of nitrogens with one attached hydrogen (secondary N) is 2. The standard InChI is InChI=1S/C20H28N6O3/c1-21-20(26-12-10-25(11-13-26)15-17-7-14-29-24-17)23-9-8-22-19(27)16-3-5-18(28-2)6-4-16/h3-7,14H,8-13,15H2,1-2H3,(H,21,23)(H,22,27). The molecular weight excluding hydrogens is 372 g/mol. The Hall–Kier alpha value is -3.07. The fraction of sp³-hybridized carbons (Fsp3) is 0.450. The van der Waals surface area contributed by atoms with E-state index in [-0.39, 0.29) is 5.91 Å². The molecule has 1 aliphatic rings. The van der Waals surface area contributed by atoms with Crippen LogP contribution in [0, 0.1) is 0 Å². The van der Waals surface area contributed by atoms with Crippen LogP contribution in [-0.2, 0) is 6.54 Å². The number of rotatable bonds is 7. The van der Waals surface area contributed by atoms with E-state index in [1.165, 1.54) is 0 Å². The summed E-state index contributed by atoms with van der Waals surface area (Å²) >= 11 is 0. The van der Waals surface area contributed by atoms with Crippen molar-refractivity contribution in [2.45, 2.75) is 6.54 Å². The van der Waals surface area contributed by atoms with Crippen molar-refractivity contribution < 1.29 is 14.1 Å². The van der Waals surface area contributed by atoms with E-state index < -0.39 is 0 Å². The quantitative estimate of drug-likeness (QED) is 0.403. The zero-order valence-corrected chi connectivity index (χ0v) is 16.9. The fourth-order valence-electron chi connectivity index (χ4n) is 3.19. The molecule has 0 saturated carbocycles. The number of carbonyl (C=O) groups excluding carboxylic acids is 1. The highest BCUT2D eigenvalue weighted by atomic mass is 16.5. The Morgan fingerprint density at radius 2 is 1.86 bits per heavy atom. The minimum atomic E-state index is -0.106. The van der Waals surface area contributed by atoms with E-state index in [9.17, 15) is 4.79 Å². The van der Waals surface area contributed by atoms with E-state index in [0.29, 0.717) is 18.7 Å². The monoisotopic (exact) mass is 400 g/mol. The van der Waals surface area contributed by atoms with Crippen molar-refractivity contribution in [3.8, 4) is 5.75 Å². The molecule has 2 N–H and O–H groups in total. The molecule has 1 amide bonds. The number of nitrogens with zero attached hydrogens (tertiary/aromatic N) is 4. The molecule has 2 aromatic rings. The van der Waals surface area contributed by atoms with E-state index in [0.717, 1.165) is 50.1 Å². The first-order valence-electron chi connectivity index (χ1n) is 9.69. The van der Waals surface area contributed by atoms with Crippen molar-refractivity contribution in [3.05, 3.63) is 47.9 Å². The van der Waals surface area contributed by atoms with Crippen LogP contribution in [0.15, 0.2) is 46.1 Å². The van der Waals surface area contributed by atoms with Gasteiger partial charge in [0.05, 0.1) is 12.8 Å². The second-order valence-corrected chi connectivity index (χ2v) is 6.71. The molecule has 0 unspecified atom stereocenters. The minimum Gasteiger partial charge on any atom is -0.497 e. The topological polar surface area (TPSA) is 95.2 Å². The summed E-state index contributed by atoms with van der Waals surface area (Å²) in [7, 11) is 3.38. The normalized spacial score (nSPS) is 15.2. The first-order chi connectivity index (χ1) is 14.2. The fourth-order valence-corrected chi connectivity index (χ4v) is 3.19. The van der Waals surface area contributed by atoms with Crippen LogP contribution in [0.2, 0.25) is 0 Å². The smallest absolute Gasteiger partial charge is 0.251 e. The van der Waals surface area contributed by atoms with Crippen LogP contribution in [0.25, 0.3) is 0 Å². The van der Waals surface area contributed by atoms with Crippen molar-refractivity contribution in [1.29, 1.82) is 0 Å². The van der Waals surface area contributed by atoms with Crippen molar-refractivity contribution in [1.82, 2.24) is 25.6 Å². The number of ether oxygens (including phenoxy) is 1. The van der Waals surface area contributed by atoms with E-state index in [4.69, 9.17) is 9.26 Å². The third-order valence-corrected chi connectivity index (χ3v) is 4.81. The van der Waals surface area contributed by atoms with Crippen LogP contribution in [0.5, 0.6) is 5.75 Å². The summed E-state index contributed by atoms with van der Waals surface area (Å²) in [5, 5.41) is 10.2. The zero-order chi connectivity index (χ0) is 20.5. The molecule has 0 aliphatic carbocycles. The predicted octanol–water partition coefficient (Wildman–Crippen LogP) is 0.806. The van der Waals surface area contributed by atoms with Gasteiger partial charge in [0.15, 0.2) is 5.96 Å². The summed E-state index contributed by atoms with van der Waals surface area (Å²) in [6.45, 7) is 5.55. The van der Waals surface area contributed by atoms with E-state index >= 15 is 0 Å². The van der Waals surface area contributed by atoms with E-state index in [2.05, 4.69) is 30.6 Å². The molecule has 29 heavy (non-hydrogen) atoms. The largest absolute Gasteiger partial charge is 0.497 e. The molecule has 1 saturated heterocycles. The van der Waals surface area contributed by atoms with Crippen LogP contribution in [0.3, 0.4) is 0 Å². The molecule has 0 atom stereocenters. The van der Waals surface area contributed by atoms with Crippen LogP contribution < -0.4 is 15.4 Å². The number of benzene rings is 1. The van der Waals surface area contributed by atoms with Gasteiger partial charge in [-0.3, -0.25) is 14.7 Å². The van der Waals surface area contributed by atoms with Gasteiger partial charge < -0.3 is 24.8 Å². The predicted molar refractivity (Wildman–Crippen MR) is 110 cm³/mol. The van der Waals surface area contributed by atoms with Crippen LogP contribution >= 0.6 is 0 Å². The summed E-state index contributed by atoms with van der Waals surface area (Å²) in [6.07, 6.45) is 1.60. The number of hydrogen-bond donors (Lipinski definition) is 2. The van der Waals surface area contributed by atoms with Gasteiger partial charge in [0.1, 0.15) is 12.0 Å². The van der Waals surface area contributed by atoms with Gasteiger partial charge in [0.25, 0.3) is 5.91 Å². The number of carbonyl (C=O) groups is 1. The van der Waals surface area contributed by atoms with E-state index in [1.54, 1.807) is 44.7 Å². The third-order valence-electron chi connectivity index (χ3n) is 4.81. The number of aromatic nitrogens is 1. The summed E-state index contributed by atoms with van der Waals surface area (Å²) in [5.74, 6) is 1.48. The minimum absolute atomic E-state index is 0.106. The number of aliphatic imine (C=N–C) groups is 1. The lowest BCUT2D eigenvalue weighted by Gasteiger charge is -2.36. The van der Waals surface area contributed by atoms with Crippen molar-refractivity contribution in [3.63, 3.8) is 0 Å². The maximum Gasteiger partial charge on any atom is 0.251 e. The molecule has 3 rings (SSSR count). The Bertz CT molecular complexity index is 783. The highest BCUT2D eigenvalue weighted by molar-refractivity contribution is 5.94. The highest BCUT2D eigenvalue weighted by Crippen LogP contribution is 2.11. The number of amides is 1. The molecule has 0 bridgehead atoms. The number of hydrogen-bond acceptors (Lipinski definition) is 6. The Labute approximate surface area is 170 Å². The maximum atomic E-state index is 12.2. The zero-order valence-electron chi connectivity index (χ0n) is 16.9. The van der Waals surface area contributed by atoms with Gasteiger partial charge in [0, 0.05) is 64.5 Å².